The van der Waals surface area contributed by atoms with Crippen molar-refractivity contribution < 1.29 is 9.47 Å². The molecule has 1 saturated heterocycles. The van der Waals surface area contributed by atoms with Gasteiger partial charge in [-0.25, -0.2) is 0 Å². The van der Waals surface area contributed by atoms with Gasteiger partial charge in [-0.3, -0.25) is 4.99 Å². The van der Waals surface area contributed by atoms with Crippen molar-refractivity contribution in [3.05, 3.63) is 18.2 Å². The highest BCUT2D eigenvalue weighted by Gasteiger charge is 2.13. The third-order valence-electron chi connectivity index (χ3n) is 3.54. The number of benzene rings is 1. The first kappa shape index (κ1) is 13.4. The van der Waals surface area contributed by atoms with Crippen LogP contribution in [0.2, 0.25) is 0 Å². The molecule has 1 atom stereocenters. The number of aliphatic imine (C=N–C) groups is 1. The van der Waals surface area contributed by atoms with E-state index in [0.29, 0.717) is 19.3 Å². The zero-order valence-electron chi connectivity index (χ0n) is 11.8. The first-order valence-corrected chi connectivity index (χ1v) is 7.19. The number of nitrogens with zero attached hydrogens (tertiary/aromatic N) is 1. The van der Waals surface area contributed by atoms with Crippen molar-refractivity contribution in [2.75, 3.05) is 32.8 Å². The Morgan fingerprint density at radius 1 is 1.40 bits per heavy atom. The number of piperazine rings is 1. The summed E-state index contributed by atoms with van der Waals surface area (Å²) < 4.78 is 11.4. The lowest BCUT2D eigenvalue weighted by molar-refractivity contribution is 0.273. The van der Waals surface area contributed by atoms with Crippen LogP contribution in [0.15, 0.2) is 23.2 Å². The van der Waals surface area contributed by atoms with Gasteiger partial charge in [0, 0.05) is 31.7 Å². The van der Waals surface area contributed by atoms with Crippen LogP contribution in [0.3, 0.4) is 0 Å². The molecule has 1 aromatic rings. The average molecular weight is 275 g/mol. The van der Waals surface area contributed by atoms with E-state index < -0.39 is 0 Å². The second-order valence-electron chi connectivity index (χ2n) is 5.26. The van der Waals surface area contributed by atoms with Gasteiger partial charge in [0.2, 0.25) is 0 Å². The molecule has 0 bridgehead atoms. The Kier molecular flexibility index (Phi) is 4.18. The summed E-state index contributed by atoms with van der Waals surface area (Å²) >= 11 is 0. The second kappa shape index (κ2) is 6.24. The number of hydrogen-bond donors (Lipinski definition) is 2. The van der Waals surface area contributed by atoms with Crippen LogP contribution in [0, 0.1) is 0 Å². The number of ether oxygens (including phenoxy) is 2. The minimum absolute atomic E-state index is 0.505. The van der Waals surface area contributed by atoms with Crippen LogP contribution in [0.25, 0.3) is 0 Å². The maximum absolute atomic E-state index is 5.82. The van der Waals surface area contributed by atoms with E-state index in [1.165, 1.54) is 0 Å². The van der Waals surface area contributed by atoms with Crippen LogP contribution in [0.1, 0.15) is 13.3 Å². The molecule has 0 amide bonds. The molecule has 0 radical (unpaired) electrons. The molecule has 5 heteroatoms. The molecule has 20 heavy (non-hydrogen) atoms. The van der Waals surface area contributed by atoms with Gasteiger partial charge in [-0.1, -0.05) is 0 Å². The van der Waals surface area contributed by atoms with E-state index >= 15 is 0 Å². The van der Waals surface area contributed by atoms with Gasteiger partial charge in [0.15, 0.2) is 0 Å². The van der Waals surface area contributed by atoms with Crippen molar-refractivity contribution >= 4 is 11.4 Å². The van der Waals surface area contributed by atoms with E-state index in [2.05, 4.69) is 15.6 Å². The molecule has 5 nitrogen and oxygen atoms in total. The van der Waals surface area contributed by atoms with E-state index in [-0.39, 0.29) is 0 Å². The van der Waals surface area contributed by atoms with Crippen molar-refractivity contribution in [2.45, 2.75) is 19.4 Å². The molecule has 3 rings (SSSR count). The number of fused-ring (bicyclic) bond motifs is 1. The van der Waals surface area contributed by atoms with Crippen molar-refractivity contribution in [3.63, 3.8) is 0 Å². The molecule has 0 aliphatic carbocycles. The Labute approximate surface area is 119 Å². The lowest BCUT2D eigenvalue weighted by Crippen LogP contribution is -2.48. The first-order valence-electron chi connectivity index (χ1n) is 7.19. The van der Waals surface area contributed by atoms with Crippen LogP contribution in [0.4, 0.5) is 5.69 Å². The van der Waals surface area contributed by atoms with Gasteiger partial charge in [0.1, 0.15) is 23.8 Å². The maximum atomic E-state index is 5.82. The molecule has 1 aromatic carbocycles. The SMILES string of the molecule is CC1=Nc2cc(OCC[C@@H]3CNCCN3)ccc2OC1. The van der Waals surface area contributed by atoms with E-state index in [1.807, 2.05) is 25.1 Å². The third kappa shape index (κ3) is 3.29. The Bertz CT molecular complexity index is 496. The number of nitrogens with one attached hydrogen (secondary N) is 2. The Balaban J connectivity index is 1.54. The van der Waals surface area contributed by atoms with E-state index in [1.54, 1.807) is 0 Å². The molecule has 0 spiro atoms. The Morgan fingerprint density at radius 3 is 3.20 bits per heavy atom. The molecule has 2 aliphatic heterocycles. The van der Waals surface area contributed by atoms with Gasteiger partial charge in [0.05, 0.1) is 12.3 Å². The molecule has 0 unspecified atom stereocenters. The van der Waals surface area contributed by atoms with E-state index in [9.17, 15) is 0 Å². The van der Waals surface area contributed by atoms with Gasteiger partial charge >= 0.3 is 0 Å². The summed E-state index contributed by atoms with van der Waals surface area (Å²) in [6.07, 6.45) is 1.00. The highest BCUT2D eigenvalue weighted by molar-refractivity contribution is 5.88. The summed E-state index contributed by atoms with van der Waals surface area (Å²) in [7, 11) is 0. The largest absolute Gasteiger partial charge is 0.493 e. The van der Waals surface area contributed by atoms with Crippen molar-refractivity contribution in [1.29, 1.82) is 0 Å². The van der Waals surface area contributed by atoms with Crippen LogP contribution >= 0.6 is 0 Å². The Hall–Kier alpha value is -1.59. The fourth-order valence-electron chi connectivity index (χ4n) is 2.45. The van der Waals surface area contributed by atoms with Gasteiger partial charge in [0.25, 0.3) is 0 Å². The van der Waals surface area contributed by atoms with Crippen molar-refractivity contribution in [2.24, 2.45) is 4.99 Å². The predicted molar refractivity (Wildman–Crippen MR) is 79.5 cm³/mol. The minimum Gasteiger partial charge on any atom is -0.493 e. The quantitative estimate of drug-likeness (QED) is 0.874. The molecule has 0 saturated carbocycles. The summed E-state index contributed by atoms with van der Waals surface area (Å²) in [5.41, 5.74) is 1.86. The summed E-state index contributed by atoms with van der Waals surface area (Å²) in [4.78, 5) is 4.49. The fraction of sp³-hybridized carbons (Fsp3) is 0.533. The number of hydrogen-bond acceptors (Lipinski definition) is 5. The molecule has 2 aliphatic rings. The van der Waals surface area contributed by atoms with Crippen LogP contribution in [0.5, 0.6) is 11.5 Å². The lowest BCUT2D eigenvalue weighted by Gasteiger charge is -2.24. The van der Waals surface area contributed by atoms with E-state index in [0.717, 1.165) is 49.0 Å². The van der Waals surface area contributed by atoms with Crippen LogP contribution < -0.4 is 20.1 Å². The second-order valence-corrected chi connectivity index (χ2v) is 5.26. The normalized spacial score (nSPS) is 21.6. The van der Waals surface area contributed by atoms with E-state index in [4.69, 9.17) is 9.47 Å². The molecule has 0 aromatic heterocycles. The zero-order valence-corrected chi connectivity index (χ0v) is 11.8. The lowest BCUT2D eigenvalue weighted by atomic mass is 10.2. The molecule has 2 N–H and O–H groups in total. The van der Waals surface area contributed by atoms with Crippen LogP contribution in [-0.2, 0) is 0 Å². The van der Waals surface area contributed by atoms with Crippen molar-refractivity contribution in [1.82, 2.24) is 10.6 Å². The van der Waals surface area contributed by atoms with Gasteiger partial charge in [-0.15, -0.1) is 0 Å². The minimum atomic E-state index is 0.505. The van der Waals surface area contributed by atoms with Crippen LogP contribution in [-0.4, -0.2) is 44.6 Å². The number of rotatable bonds is 4. The van der Waals surface area contributed by atoms with Crippen molar-refractivity contribution in [3.8, 4) is 11.5 Å². The van der Waals surface area contributed by atoms with Gasteiger partial charge < -0.3 is 20.1 Å². The summed E-state index contributed by atoms with van der Waals surface area (Å²) in [5, 5.41) is 6.85. The molecule has 1 fully saturated rings. The average Bonchev–Trinajstić information content (AvgIpc) is 2.48. The first-order chi connectivity index (χ1) is 9.81. The molecular weight excluding hydrogens is 254 g/mol. The third-order valence-corrected chi connectivity index (χ3v) is 3.54. The summed E-state index contributed by atoms with van der Waals surface area (Å²) in [6.45, 7) is 6.37. The highest BCUT2D eigenvalue weighted by Crippen LogP contribution is 2.34. The smallest absolute Gasteiger partial charge is 0.145 e. The molecular formula is C15H21N3O2. The van der Waals surface area contributed by atoms with Gasteiger partial charge in [-0.2, -0.15) is 0 Å². The fourth-order valence-corrected chi connectivity index (χ4v) is 2.45. The Morgan fingerprint density at radius 2 is 2.35 bits per heavy atom. The van der Waals surface area contributed by atoms with Gasteiger partial charge in [-0.05, 0) is 25.5 Å². The topological polar surface area (TPSA) is 54.9 Å². The molecule has 2 heterocycles. The highest BCUT2D eigenvalue weighted by atomic mass is 16.5. The predicted octanol–water partition coefficient (Wildman–Crippen LogP) is 1.50. The molecule has 108 valence electrons. The summed E-state index contributed by atoms with van der Waals surface area (Å²) in [5.74, 6) is 1.69. The summed E-state index contributed by atoms with van der Waals surface area (Å²) in [6, 6.07) is 6.33. The zero-order chi connectivity index (χ0) is 13.8. The maximum Gasteiger partial charge on any atom is 0.145 e. The monoisotopic (exact) mass is 275 g/mol. The standard InChI is InChI=1S/C15H21N3O2/c1-11-10-20-15-3-2-13(8-14(15)18-11)19-7-4-12-9-16-5-6-17-12/h2-3,8,12,16-17H,4-7,9-10H2,1H3/t12-/m1/s1.